The number of ether oxygens (including phenoxy) is 1. The van der Waals surface area contributed by atoms with Crippen molar-refractivity contribution in [3.05, 3.63) is 24.3 Å². The number of hydrogen-bond donors (Lipinski definition) is 1. The molecule has 1 heterocycles. The summed E-state index contributed by atoms with van der Waals surface area (Å²) in [6.07, 6.45) is -0.281. The first-order valence-corrected chi connectivity index (χ1v) is 7.73. The quantitative estimate of drug-likeness (QED) is 0.827. The summed E-state index contributed by atoms with van der Waals surface area (Å²) in [7, 11) is 0. The van der Waals surface area contributed by atoms with E-state index in [1.165, 1.54) is 4.70 Å². The van der Waals surface area contributed by atoms with Crippen molar-refractivity contribution in [2.24, 2.45) is 0 Å². The van der Waals surface area contributed by atoms with Crippen LogP contribution in [0.1, 0.15) is 13.8 Å². The number of hydrogen-bond acceptors (Lipinski definition) is 5. The molecule has 2 aromatic rings. The third-order valence-corrected chi connectivity index (χ3v) is 4.62. The highest BCUT2D eigenvalue weighted by atomic mass is 32.2. The number of thiazole rings is 1. The summed E-state index contributed by atoms with van der Waals surface area (Å²) in [5.74, 6) is 0.618. The normalized spacial score (nSPS) is 13.3. The number of fused-ring (bicyclic) bond motifs is 1. The van der Waals surface area contributed by atoms with Gasteiger partial charge < -0.3 is 9.84 Å². The van der Waals surface area contributed by atoms with E-state index in [2.05, 4.69) is 11.1 Å². The monoisotopic (exact) mass is 283 g/mol. The van der Waals surface area contributed by atoms with Gasteiger partial charge in [0.2, 0.25) is 0 Å². The lowest BCUT2D eigenvalue weighted by Gasteiger charge is -2.12. The van der Waals surface area contributed by atoms with Crippen LogP contribution in [0.3, 0.4) is 0 Å². The van der Waals surface area contributed by atoms with Gasteiger partial charge in [0.1, 0.15) is 0 Å². The molecule has 0 aliphatic carbocycles. The molecular weight excluding hydrogens is 266 g/mol. The molecule has 1 N–H and O–H groups in total. The molecule has 0 fully saturated rings. The summed E-state index contributed by atoms with van der Waals surface area (Å²) >= 11 is 3.25. The Bertz CT molecular complexity index is 465. The number of aliphatic hydroxyl groups excluding tert-OH is 1. The zero-order valence-electron chi connectivity index (χ0n) is 10.5. The topological polar surface area (TPSA) is 42.4 Å². The zero-order valence-corrected chi connectivity index (χ0v) is 12.1. The maximum atomic E-state index is 9.77. The van der Waals surface area contributed by atoms with Crippen LogP contribution in [0.2, 0.25) is 0 Å². The van der Waals surface area contributed by atoms with E-state index < -0.39 is 6.10 Å². The van der Waals surface area contributed by atoms with E-state index in [1.54, 1.807) is 23.1 Å². The van der Waals surface area contributed by atoms with E-state index >= 15 is 0 Å². The predicted octanol–water partition coefficient (Wildman–Crippen LogP) is 3.17. The van der Waals surface area contributed by atoms with Crippen molar-refractivity contribution >= 4 is 33.3 Å². The zero-order chi connectivity index (χ0) is 13.0. The van der Waals surface area contributed by atoms with Crippen LogP contribution < -0.4 is 0 Å². The number of thioether (sulfide) groups is 1. The second-order valence-electron chi connectivity index (χ2n) is 4.29. The highest BCUT2D eigenvalue weighted by Gasteiger charge is 2.09. The van der Waals surface area contributed by atoms with E-state index in [0.29, 0.717) is 12.4 Å². The number of aliphatic hydroxyl groups is 1. The number of rotatable bonds is 6. The maximum absolute atomic E-state index is 9.77. The standard InChI is InChI=1S/C13H17NO2S2/c1-9(2)16-7-10(15)8-17-13-14-11-5-3-4-6-12(11)18-13/h3-6,9-10,15H,7-8H2,1-2H3/t10-/m0/s1. The Kier molecular flexibility index (Phi) is 5.00. The minimum atomic E-state index is -0.440. The molecular formula is C13H17NO2S2. The average molecular weight is 283 g/mol. The van der Waals surface area contributed by atoms with Crippen LogP contribution in [0.25, 0.3) is 10.2 Å². The van der Waals surface area contributed by atoms with Crippen LogP contribution in [0.15, 0.2) is 28.6 Å². The average Bonchev–Trinajstić information content (AvgIpc) is 2.76. The Hall–Kier alpha value is -0.620. The Balaban J connectivity index is 1.86. The third-order valence-electron chi connectivity index (χ3n) is 2.30. The molecule has 0 unspecified atom stereocenters. The third kappa shape index (κ3) is 3.95. The first kappa shape index (κ1) is 13.8. The molecule has 1 atom stereocenters. The van der Waals surface area contributed by atoms with Gasteiger partial charge in [-0.1, -0.05) is 23.9 Å². The van der Waals surface area contributed by atoms with Crippen molar-refractivity contribution in [2.75, 3.05) is 12.4 Å². The molecule has 0 saturated carbocycles. The molecule has 1 aromatic carbocycles. The van der Waals surface area contributed by atoms with Gasteiger partial charge in [0.05, 0.1) is 29.0 Å². The lowest BCUT2D eigenvalue weighted by molar-refractivity contribution is 0.0152. The molecule has 0 amide bonds. The fourth-order valence-corrected chi connectivity index (χ4v) is 3.43. The summed E-state index contributed by atoms with van der Waals surface area (Å²) < 4.78 is 7.56. The molecule has 0 bridgehead atoms. The van der Waals surface area contributed by atoms with E-state index in [4.69, 9.17) is 4.74 Å². The molecule has 0 aliphatic rings. The molecule has 5 heteroatoms. The largest absolute Gasteiger partial charge is 0.390 e. The number of aromatic nitrogens is 1. The van der Waals surface area contributed by atoms with E-state index in [1.807, 2.05) is 32.0 Å². The maximum Gasteiger partial charge on any atom is 0.151 e. The smallest absolute Gasteiger partial charge is 0.151 e. The van der Waals surface area contributed by atoms with E-state index in [-0.39, 0.29) is 6.10 Å². The van der Waals surface area contributed by atoms with Crippen LogP contribution in [0, 0.1) is 0 Å². The molecule has 0 spiro atoms. The van der Waals surface area contributed by atoms with Crippen molar-refractivity contribution in [3.8, 4) is 0 Å². The van der Waals surface area contributed by atoms with Crippen LogP contribution in [0.5, 0.6) is 0 Å². The van der Waals surface area contributed by atoms with E-state index in [9.17, 15) is 5.11 Å². The van der Waals surface area contributed by atoms with Crippen molar-refractivity contribution in [2.45, 2.75) is 30.4 Å². The minimum Gasteiger partial charge on any atom is -0.390 e. The van der Waals surface area contributed by atoms with Crippen molar-refractivity contribution in [1.82, 2.24) is 4.98 Å². The van der Waals surface area contributed by atoms with Gasteiger partial charge in [0, 0.05) is 5.75 Å². The number of nitrogens with zero attached hydrogens (tertiary/aromatic N) is 1. The Morgan fingerprint density at radius 2 is 2.17 bits per heavy atom. The molecule has 0 aliphatic heterocycles. The summed E-state index contributed by atoms with van der Waals surface area (Å²) in [6.45, 7) is 4.32. The predicted molar refractivity (Wildman–Crippen MR) is 77.4 cm³/mol. The van der Waals surface area contributed by atoms with Crippen molar-refractivity contribution in [1.29, 1.82) is 0 Å². The molecule has 98 valence electrons. The van der Waals surface area contributed by atoms with Gasteiger partial charge in [-0.15, -0.1) is 11.3 Å². The highest BCUT2D eigenvalue weighted by Crippen LogP contribution is 2.29. The van der Waals surface area contributed by atoms with Crippen LogP contribution in [0.4, 0.5) is 0 Å². The van der Waals surface area contributed by atoms with E-state index in [0.717, 1.165) is 9.86 Å². The van der Waals surface area contributed by atoms with Crippen LogP contribution >= 0.6 is 23.1 Å². The van der Waals surface area contributed by atoms with Gasteiger partial charge in [-0.05, 0) is 26.0 Å². The first-order chi connectivity index (χ1) is 8.65. The number of benzene rings is 1. The summed E-state index contributed by atoms with van der Waals surface area (Å²) in [5.41, 5.74) is 1.03. The Labute approximate surface area is 115 Å². The van der Waals surface area contributed by atoms with Crippen molar-refractivity contribution < 1.29 is 9.84 Å². The summed E-state index contributed by atoms with van der Waals surface area (Å²) in [4.78, 5) is 4.51. The van der Waals surface area contributed by atoms with Gasteiger partial charge in [0.15, 0.2) is 4.34 Å². The molecule has 0 saturated heterocycles. The molecule has 3 nitrogen and oxygen atoms in total. The highest BCUT2D eigenvalue weighted by molar-refractivity contribution is 8.01. The summed E-state index contributed by atoms with van der Waals surface area (Å²) in [6, 6.07) is 8.08. The fourth-order valence-electron chi connectivity index (χ4n) is 1.43. The van der Waals surface area contributed by atoms with Crippen molar-refractivity contribution in [3.63, 3.8) is 0 Å². The minimum absolute atomic E-state index is 0.159. The lowest BCUT2D eigenvalue weighted by Crippen LogP contribution is -2.20. The number of para-hydroxylation sites is 1. The Morgan fingerprint density at radius 1 is 1.39 bits per heavy atom. The van der Waals surface area contributed by atoms with Crippen LogP contribution in [-0.2, 0) is 4.74 Å². The molecule has 2 rings (SSSR count). The second-order valence-corrected chi connectivity index (χ2v) is 6.59. The fraction of sp³-hybridized carbons (Fsp3) is 0.462. The van der Waals surface area contributed by atoms with Gasteiger partial charge in [-0.3, -0.25) is 0 Å². The van der Waals surface area contributed by atoms with Crippen LogP contribution in [-0.4, -0.2) is 34.7 Å². The molecule has 18 heavy (non-hydrogen) atoms. The van der Waals surface area contributed by atoms with Gasteiger partial charge >= 0.3 is 0 Å². The lowest BCUT2D eigenvalue weighted by atomic mass is 10.3. The van der Waals surface area contributed by atoms with Gasteiger partial charge in [0.25, 0.3) is 0 Å². The Morgan fingerprint density at radius 3 is 2.89 bits per heavy atom. The second kappa shape index (κ2) is 6.52. The molecule has 0 radical (unpaired) electrons. The van der Waals surface area contributed by atoms with Gasteiger partial charge in [-0.2, -0.15) is 0 Å². The van der Waals surface area contributed by atoms with Gasteiger partial charge in [-0.25, -0.2) is 4.98 Å². The molecule has 1 aromatic heterocycles. The first-order valence-electron chi connectivity index (χ1n) is 5.93. The summed E-state index contributed by atoms with van der Waals surface area (Å²) in [5, 5.41) is 9.77. The SMILES string of the molecule is CC(C)OC[C@H](O)CSc1nc2ccccc2s1.